The second-order valence-corrected chi connectivity index (χ2v) is 8.52. The van der Waals surface area contributed by atoms with Crippen LogP contribution in [0.15, 0.2) is 35.8 Å². The van der Waals surface area contributed by atoms with Gasteiger partial charge in [0, 0.05) is 30.2 Å². The average molecular weight is 479 g/mol. The number of aromatic nitrogens is 2. The molecular weight excluding hydrogens is 462 g/mol. The molecule has 3 aromatic rings. The Morgan fingerprint density at radius 1 is 1.19 bits per heavy atom. The zero-order valence-electron chi connectivity index (χ0n) is 16.5. The van der Waals surface area contributed by atoms with Crippen LogP contribution in [0.3, 0.4) is 0 Å². The molecule has 2 aromatic heterocycles. The van der Waals surface area contributed by atoms with Gasteiger partial charge in [-0.15, -0.1) is 11.3 Å². The second-order valence-electron chi connectivity index (χ2n) is 7.25. The summed E-state index contributed by atoms with van der Waals surface area (Å²) in [6.45, 7) is 1.03. The maximum atomic E-state index is 13.4. The third kappa shape index (κ3) is 4.71. The zero-order chi connectivity index (χ0) is 22.8. The van der Waals surface area contributed by atoms with Gasteiger partial charge < -0.3 is 10.0 Å². The number of thiazole rings is 1. The molecule has 0 atom stereocenters. The lowest BCUT2D eigenvalue weighted by Gasteiger charge is -2.31. The predicted molar refractivity (Wildman–Crippen MR) is 117 cm³/mol. The molecule has 1 amide bonds. The lowest BCUT2D eigenvalue weighted by molar-refractivity contribution is -0.142. The number of hydrogen-bond donors (Lipinski definition) is 2. The highest BCUT2D eigenvalue weighted by Crippen LogP contribution is 2.30. The number of nitrogens with zero attached hydrogens (tertiary/aromatic N) is 3. The van der Waals surface area contributed by atoms with Crippen LogP contribution in [-0.4, -0.2) is 40.0 Å². The van der Waals surface area contributed by atoms with E-state index >= 15 is 0 Å². The van der Waals surface area contributed by atoms with E-state index in [1.165, 1.54) is 18.3 Å². The first-order valence-corrected chi connectivity index (χ1v) is 10.9. The molecule has 0 aliphatic carbocycles. The Kier molecular flexibility index (Phi) is 6.33. The number of carbonyl (C=O) groups excluding carboxylic acids is 1. The molecule has 1 saturated heterocycles. The fourth-order valence-electron chi connectivity index (χ4n) is 3.41. The quantitative estimate of drug-likeness (QED) is 0.552. The summed E-state index contributed by atoms with van der Waals surface area (Å²) < 4.78 is 26.6. The topological polar surface area (TPSA) is 95.4 Å². The Bertz CT molecular complexity index is 1180. The van der Waals surface area contributed by atoms with Crippen molar-refractivity contribution in [1.29, 1.82) is 0 Å². The molecule has 32 heavy (non-hydrogen) atoms. The molecule has 0 unspecified atom stereocenters. The number of hydrogen-bond acceptors (Lipinski definition) is 6. The summed E-state index contributed by atoms with van der Waals surface area (Å²) in [5, 5.41) is 13.9. The molecule has 7 nitrogen and oxygen atoms in total. The van der Waals surface area contributed by atoms with Crippen molar-refractivity contribution >= 4 is 45.8 Å². The van der Waals surface area contributed by atoms with E-state index in [0.717, 1.165) is 23.5 Å². The monoisotopic (exact) mass is 478 g/mol. The van der Waals surface area contributed by atoms with Gasteiger partial charge in [0.1, 0.15) is 5.82 Å². The van der Waals surface area contributed by atoms with Gasteiger partial charge in [-0.3, -0.25) is 14.9 Å². The number of halogens is 3. The van der Waals surface area contributed by atoms with Crippen LogP contribution in [0.5, 0.6) is 0 Å². The van der Waals surface area contributed by atoms with Crippen molar-refractivity contribution in [3.05, 3.63) is 58.1 Å². The van der Waals surface area contributed by atoms with E-state index in [-0.39, 0.29) is 21.6 Å². The fraction of sp³-hybridized carbons (Fsp3) is 0.238. The molecule has 4 rings (SSSR count). The van der Waals surface area contributed by atoms with Crippen LogP contribution in [-0.2, 0) is 4.79 Å². The van der Waals surface area contributed by atoms with E-state index in [2.05, 4.69) is 15.3 Å². The van der Waals surface area contributed by atoms with Crippen molar-refractivity contribution in [1.82, 2.24) is 9.97 Å². The van der Waals surface area contributed by atoms with Gasteiger partial charge in [0.25, 0.3) is 5.91 Å². The smallest absolute Gasteiger partial charge is 0.306 e. The number of pyridine rings is 1. The molecule has 1 aliphatic heterocycles. The molecule has 0 bridgehead atoms. The summed E-state index contributed by atoms with van der Waals surface area (Å²) in [6.07, 6.45) is 2.39. The van der Waals surface area contributed by atoms with Crippen LogP contribution < -0.4 is 10.2 Å². The highest BCUT2D eigenvalue weighted by Gasteiger charge is 2.26. The number of carboxylic acid groups (broad SMARTS) is 1. The average Bonchev–Trinajstić information content (AvgIpc) is 3.24. The van der Waals surface area contributed by atoms with Crippen molar-refractivity contribution < 1.29 is 23.5 Å². The van der Waals surface area contributed by atoms with Crippen LogP contribution >= 0.6 is 22.9 Å². The predicted octanol–water partition coefficient (Wildman–Crippen LogP) is 4.69. The first kappa shape index (κ1) is 22.1. The minimum atomic E-state index is -0.978. The minimum Gasteiger partial charge on any atom is -0.481 e. The van der Waals surface area contributed by atoms with Crippen molar-refractivity contribution in [3.8, 4) is 11.3 Å². The van der Waals surface area contributed by atoms with Crippen molar-refractivity contribution in [2.24, 2.45) is 5.92 Å². The standard InChI is InChI=1S/C21H17ClF2N4O3S/c22-14-7-13(9-25-18(14)28-5-3-11(4-6-28)20(30)31)19(29)27-21-26-17(10-32-21)12-1-2-15(23)16(24)8-12/h1-2,7-11H,3-6H2,(H,30,31)(H,26,27,29). The Hall–Kier alpha value is -3.11. The van der Waals surface area contributed by atoms with Gasteiger partial charge in [-0.2, -0.15) is 0 Å². The first-order valence-electron chi connectivity index (χ1n) is 9.67. The number of rotatable bonds is 5. The van der Waals surface area contributed by atoms with Gasteiger partial charge in [-0.25, -0.2) is 18.7 Å². The number of piperidine rings is 1. The van der Waals surface area contributed by atoms with E-state index in [4.69, 9.17) is 16.7 Å². The number of carboxylic acids is 1. The Morgan fingerprint density at radius 3 is 2.59 bits per heavy atom. The highest BCUT2D eigenvalue weighted by atomic mass is 35.5. The van der Waals surface area contributed by atoms with Crippen LogP contribution in [0.25, 0.3) is 11.3 Å². The van der Waals surface area contributed by atoms with Crippen molar-refractivity contribution in [2.75, 3.05) is 23.3 Å². The van der Waals surface area contributed by atoms with E-state index in [0.29, 0.717) is 43.0 Å². The summed E-state index contributed by atoms with van der Waals surface area (Å²) in [4.78, 5) is 34.1. The van der Waals surface area contributed by atoms with E-state index in [1.54, 1.807) is 5.38 Å². The third-order valence-corrected chi connectivity index (χ3v) is 6.20. The zero-order valence-corrected chi connectivity index (χ0v) is 18.1. The van der Waals surface area contributed by atoms with Crippen molar-refractivity contribution in [2.45, 2.75) is 12.8 Å². The maximum absolute atomic E-state index is 13.4. The lowest BCUT2D eigenvalue weighted by Crippen LogP contribution is -2.37. The lowest BCUT2D eigenvalue weighted by atomic mass is 9.97. The Morgan fingerprint density at radius 2 is 1.94 bits per heavy atom. The number of carbonyl (C=O) groups is 2. The largest absolute Gasteiger partial charge is 0.481 e. The number of nitrogens with one attached hydrogen (secondary N) is 1. The molecule has 166 valence electrons. The summed E-state index contributed by atoms with van der Waals surface area (Å²) in [7, 11) is 0. The fourth-order valence-corrected chi connectivity index (χ4v) is 4.41. The van der Waals surface area contributed by atoms with Crippen LogP contribution in [0.1, 0.15) is 23.2 Å². The minimum absolute atomic E-state index is 0.226. The van der Waals surface area contributed by atoms with E-state index in [1.807, 2.05) is 4.90 Å². The molecule has 3 heterocycles. The number of benzene rings is 1. The summed E-state index contributed by atoms with van der Waals surface area (Å²) in [5.41, 5.74) is 1.02. The van der Waals surface area contributed by atoms with Gasteiger partial charge in [0.05, 0.1) is 22.2 Å². The molecule has 0 radical (unpaired) electrons. The van der Waals surface area contributed by atoms with Crippen molar-refractivity contribution in [3.63, 3.8) is 0 Å². The van der Waals surface area contributed by atoms with Gasteiger partial charge in [0.2, 0.25) is 0 Å². The normalized spacial score (nSPS) is 14.4. The molecule has 2 N–H and O–H groups in total. The molecule has 1 aliphatic rings. The van der Waals surface area contributed by atoms with E-state index < -0.39 is 23.5 Å². The Labute approximate surface area is 190 Å². The van der Waals surface area contributed by atoms with Crippen LogP contribution in [0, 0.1) is 17.6 Å². The summed E-state index contributed by atoms with van der Waals surface area (Å²) >= 11 is 7.48. The van der Waals surface area contributed by atoms with Crippen LogP contribution in [0.4, 0.5) is 19.7 Å². The van der Waals surface area contributed by atoms with Crippen LogP contribution in [0.2, 0.25) is 5.02 Å². The summed E-state index contributed by atoms with van der Waals surface area (Å²) in [6, 6.07) is 4.95. The molecular formula is C21H17ClF2N4O3S. The van der Waals surface area contributed by atoms with Gasteiger partial charge >= 0.3 is 5.97 Å². The molecule has 11 heteroatoms. The molecule has 0 saturated carbocycles. The maximum Gasteiger partial charge on any atom is 0.306 e. The van der Waals surface area contributed by atoms with E-state index in [9.17, 15) is 18.4 Å². The van der Waals surface area contributed by atoms with Gasteiger partial charge in [-0.05, 0) is 37.1 Å². The SMILES string of the molecule is O=C(Nc1nc(-c2ccc(F)c(F)c2)cs1)c1cnc(N2CCC(C(=O)O)CC2)c(Cl)c1. The van der Waals surface area contributed by atoms with Gasteiger partial charge in [0.15, 0.2) is 16.8 Å². The number of amides is 1. The number of anilines is 2. The molecule has 1 aromatic carbocycles. The van der Waals surface area contributed by atoms with Gasteiger partial charge in [-0.1, -0.05) is 11.6 Å². The summed E-state index contributed by atoms with van der Waals surface area (Å²) in [5.74, 6) is -3.07. The first-order chi connectivity index (χ1) is 15.3. The highest BCUT2D eigenvalue weighted by molar-refractivity contribution is 7.14. The second kappa shape index (κ2) is 9.17. The third-order valence-electron chi connectivity index (χ3n) is 5.17. The number of aliphatic carboxylic acids is 1. The molecule has 0 spiro atoms. The molecule has 1 fully saturated rings. The Balaban J connectivity index is 1.43.